The lowest BCUT2D eigenvalue weighted by Gasteiger charge is -2.11. The summed E-state index contributed by atoms with van der Waals surface area (Å²) in [4.78, 5) is 25.5. The lowest BCUT2D eigenvalue weighted by Crippen LogP contribution is -2.17. The second-order valence-electron chi connectivity index (χ2n) is 5.72. The van der Waals surface area contributed by atoms with Crippen LogP contribution in [0.25, 0.3) is 0 Å². The van der Waals surface area contributed by atoms with Crippen LogP contribution in [0.2, 0.25) is 0 Å². The molecule has 3 rings (SSSR count). The number of carbonyl (C=O) groups is 2. The molecule has 0 saturated heterocycles. The van der Waals surface area contributed by atoms with Crippen LogP contribution >= 0.6 is 11.3 Å². The molecule has 0 aliphatic heterocycles. The normalized spacial score (nSPS) is 13.2. The molecule has 0 radical (unpaired) electrons. The van der Waals surface area contributed by atoms with E-state index in [1.807, 2.05) is 0 Å². The van der Waals surface area contributed by atoms with E-state index in [1.165, 1.54) is 24.5 Å². The average Bonchev–Trinajstić information content (AvgIpc) is 2.94. The summed E-state index contributed by atoms with van der Waals surface area (Å²) >= 11 is 1.42. The van der Waals surface area contributed by atoms with Crippen LogP contribution in [-0.4, -0.2) is 19.0 Å². The molecule has 1 aliphatic rings. The summed E-state index contributed by atoms with van der Waals surface area (Å²) < 4.78 is 18.6. The maximum atomic E-state index is 13.7. The van der Waals surface area contributed by atoms with Gasteiger partial charge in [0, 0.05) is 4.88 Å². The molecule has 0 spiro atoms. The van der Waals surface area contributed by atoms with Gasteiger partial charge in [-0.2, -0.15) is 0 Å². The van der Waals surface area contributed by atoms with Crippen LogP contribution in [0.4, 0.5) is 9.39 Å². The first-order chi connectivity index (χ1) is 11.6. The van der Waals surface area contributed by atoms with E-state index in [2.05, 4.69) is 5.32 Å². The van der Waals surface area contributed by atoms with Gasteiger partial charge in [-0.15, -0.1) is 11.3 Å². The molecule has 1 aromatic heterocycles. The number of ether oxygens (including phenoxy) is 1. The van der Waals surface area contributed by atoms with Gasteiger partial charge in [0.15, 0.2) is 0 Å². The molecule has 126 valence electrons. The van der Waals surface area contributed by atoms with Crippen LogP contribution in [0.3, 0.4) is 0 Å². The Labute approximate surface area is 143 Å². The maximum Gasteiger partial charge on any atom is 0.341 e. The fourth-order valence-corrected chi connectivity index (χ4v) is 4.25. The molecule has 24 heavy (non-hydrogen) atoms. The first-order valence-corrected chi connectivity index (χ1v) is 8.68. The van der Waals surface area contributed by atoms with E-state index >= 15 is 0 Å². The molecule has 1 aromatic carbocycles. The van der Waals surface area contributed by atoms with Crippen molar-refractivity contribution >= 4 is 28.2 Å². The van der Waals surface area contributed by atoms with E-state index in [0.29, 0.717) is 16.1 Å². The van der Waals surface area contributed by atoms with Crippen LogP contribution in [0, 0.1) is 5.82 Å². The number of halogens is 1. The van der Waals surface area contributed by atoms with Gasteiger partial charge < -0.3 is 10.1 Å². The fourth-order valence-electron chi connectivity index (χ4n) is 2.96. The minimum Gasteiger partial charge on any atom is -0.465 e. The van der Waals surface area contributed by atoms with E-state index in [-0.39, 0.29) is 12.3 Å². The number of thiophene rings is 1. The summed E-state index contributed by atoms with van der Waals surface area (Å²) in [5.74, 6) is -1.19. The number of hydrogen-bond acceptors (Lipinski definition) is 4. The van der Waals surface area contributed by atoms with E-state index in [9.17, 15) is 14.0 Å². The highest BCUT2D eigenvalue weighted by Crippen LogP contribution is 2.38. The number of fused-ring (bicyclic) bond motifs is 1. The third-order valence-electron chi connectivity index (χ3n) is 4.12. The monoisotopic (exact) mass is 347 g/mol. The van der Waals surface area contributed by atoms with Crippen molar-refractivity contribution in [1.82, 2.24) is 0 Å². The van der Waals surface area contributed by atoms with E-state index in [0.717, 1.165) is 36.1 Å². The zero-order chi connectivity index (χ0) is 17.1. The van der Waals surface area contributed by atoms with Crippen LogP contribution in [0.5, 0.6) is 0 Å². The van der Waals surface area contributed by atoms with Crippen molar-refractivity contribution in [3.8, 4) is 0 Å². The van der Waals surface area contributed by atoms with Gasteiger partial charge in [-0.1, -0.05) is 18.2 Å². The van der Waals surface area contributed by atoms with Gasteiger partial charge >= 0.3 is 5.97 Å². The minimum atomic E-state index is -0.435. The maximum absolute atomic E-state index is 13.7. The number of aryl methyl sites for hydroxylation is 1. The van der Waals surface area contributed by atoms with Gasteiger partial charge in [-0.05, 0) is 42.9 Å². The van der Waals surface area contributed by atoms with Crippen LogP contribution in [0.15, 0.2) is 24.3 Å². The van der Waals surface area contributed by atoms with Crippen LogP contribution < -0.4 is 5.32 Å². The molecule has 4 nitrogen and oxygen atoms in total. The van der Waals surface area contributed by atoms with Crippen molar-refractivity contribution in [2.75, 3.05) is 12.4 Å². The highest BCUT2D eigenvalue weighted by atomic mass is 32.1. The second kappa shape index (κ2) is 7.13. The molecule has 0 saturated carbocycles. The smallest absolute Gasteiger partial charge is 0.341 e. The Bertz CT molecular complexity index is 785. The van der Waals surface area contributed by atoms with Crippen molar-refractivity contribution in [2.45, 2.75) is 32.1 Å². The van der Waals surface area contributed by atoms with Gasteiger partial charge in [0.25, 0.3) is 0 Å². The summed E-state index contributed by atoms with van der Waals surface area (Å²) in [7, 11) is 1.33. The van der Waals surface area contributed by atoms with E-state index in [1.54, 1.807) is 18.2 Å². The summed E-state index contributed by atoms with van der Waals surface area (Å²) in [6, 6.07) is 6.18. The number of hydrogen-bond donors (Lipinski definition) is 1. The third kappa shape index (κ3) is 3.33. The first-order valence-electron chi connectivity index (χ1n) is 7.86. The van der Waals surface area contributed by atoms with E-state index < -0.39 is 11.8 Å². The zero-order valence-corrected chi connectivity index (χ0v) is 14.2. The lowest BCUT2D eigenvalue weighted by atomic mass is 9.95. The standard InChI is InChI=1S/C18H18FNO3S/c1-23-18(22)16-12-7-3-5-9-14(12)24-17(16)20-15(21)10-11-6-2-4-8-13(11)19/h2,4,6,8H,3,5,7,9-10H2,1H3,(H,20,21). The summed E-state index contributed by atoms with van der Waals surface area (Å²) in [6.45, 7) is 0. The summed E-state index contributed by atoms with van der Waals surface area (Å²) in [6.07, 6.45) is 3.76. The Hall–Kier alpha value is -2.21. The van der Waals surface area contributed by atoms with Gasteiger partial charge in [-0.25, -0.2) is 9.18 Å². The third-order valence-corrected chi connectivity index (χ3v) is 5.33. The van der Waals surface area contributed by atoms with Crippen molar-refractivity contribution < 1.29 is 18.7 Å². The number of rotatable bonds is 4. The van der Waals surface area contributed by atoms with Crippen molar-refractivity contribution in [1.29, 1.82) is 0 Å². The molecular formula is C18H18FNO3S. The summed E-state index contributed by atoms with van der Waals surface area (Å²) in [5, 5.41) is 3.28. The van der Waals surface area contributed by atoms with Crippen molar-refractivity contribution in [3.05, 3.63) is 51.7 Å². The molecule has 0 atom stereocenters. The van der Waals surface area contributed by atoms with E-state index in [4.69, 9.17) is 4.74 Å². The minimum absolute atomic E-state index is 0.0736. The van der Waals surface area contributed by atoms with Crippen LogP contribution in [-0.2, 0) is 28.8 Å². The predicted octanol–water partition coefficient (Wildman–Crippen LogP) is 3.73. The Morgan fingerprint density at radius 3 is 2.75 bits per heavy atom. The molecule has 0 bridgehead atoms. The van der Waals surface area contributed by atoms with Gasteiger partial charge in [0.1, 0.15) is 10.8 Å². The van der Waals surface area contributed by atoms with Crippen molar-refractivity contribution in [2.24, 2.45) is 0 Å². The molecule has 2 aromatic rings. The zero-order valence-electron chi connectivity index (χ0n) is 13.4. The topological polar surface area (TPSA) is 55.4 Å². The number of esters is 1. The number of benzene rings is 1. The molecule has 6 heteroatoms. The second-order valence-corrected chi connectivity index (χ2v) is 6.83. The van der Waals surface area contributed by atoms with Gasteiger partial charge in [-0.3, -0.25) is 4.79 Å². The van der Waals surface area contributed by atoms with Crippen LogP contribution in [0.1, 0.15) is 39.2 Å². The average molecular weight is 347 g/mol. The number of carbonyl (C=O) groups excluding carboxylic acids is 2. The lowest BCUT2D eigenvalue weighted by molar-refractivity contribution is -0.115. The number of amides is 1. The Morgan fingerprint density at radius 1 is 1.25 bits per heavy atom. The highest BCUT2D eigenvalue weighted by molar-refractivity contribution is 7.17. The molecule has 1 amide bonds. The molecule has 0 fully saturated rings. The van der Waals surface area contributed by atoms with Gasteiger partial charge in [0.05, 0.1) is 19.1 Å². The quantitative estimate of drug-likeness (QED) is 0.858. The summed E-state index contributed by atoms with van der Waals surface area (Å²) in [5.41, 5.74) is 1.77. The molecule has 1 heterocycles. The Morgan fingerprint density at radius 2 is 2.00 bits per heavy atom. The Kier molecular flexibility index (Phi) is 4.94. The number of methoxy groups -OCH3 is 1. The molecular weight excluding hydrogens is 329 g/mol. The van der Waals surface area contributed by atoms with Gasteiger partial charge in [0.2, 0.25) is 5.91 Å². The molecule has 1 N–H and O–H groups in total. The SMILES string of the molecule is COC(=O)c1c(NC(=O)Cc2ccccc2F)sc2c1CCCC2. The molecule has 1 aliphatic carbocycles. The Balaban J connectivity index is 1.84. The predicted molar refractivity (Wildman–Crippen MR) is 91.0 cm³/mol. The largest absolute Gasteiger partial charge is 0.465 e. The number of nitrogens with one attached hydrogen (secondary N) is 1. The highest BCUT2D eigenvalue weighted by Gasteiger charge is 2.27. The first kappa shape index (κ1) is 16.6. The van der Waals surface area contributed by atoms with Crippen molar-refractivity contribution in [3.63, 3.8) is 0 Å². The molecule has 0 unspecified atom stereocenters. The number of anilines is 1. The fraction of sp³-hybridized carbons (Fsp3) is 0.333.